The van der Waals surface area contributed by atoms with E-state index in [0.29, 0.717) is 0 Å². The van der Waals surface area contributed by atoms with Crippen molar-refractivity contribution in [3.8, 4) is 0 Å². The third kappa shape index (κ3) is 374. The normalized spacial score (nSPS) is 7.10. The molecule has 0 saturated carbocycles. The van der Waals surface area contributed by atoms with Crippen molar-refractivity contribution in [1.29, 1.82) is 0 Å². The number of hydrogen-bond donors (Lipinski definition) is 0. The Balaban J connectivity index is -0.00000000132. The van der Waals surface area contributed by atoms with Crippen molar-refractivity contribution in [2.75, 3.05) is 6.54 Å². The van der Waals surface area contributed by atoms with Gasteiger partial charge in [0.15, 0.2) is 0 Å². The molecule has 1 fully saturated rings. The molecule has 98 heavy (non-hydrogen) atoms. The molecule has 1 aliphatic heterocycles. The molecule has 63 radical (unpaired) electrons. The van der Waals surface area contributed by atoms with Gasteiger partial charge in [0.1, 0.15) is 0 Å². The van der Waals surface area contributed by atoms with Crippen molar-refractivity contribution in [2.24, 2.45) is 11.8 Å². The van der Waals surface area contributed by atoms with Crippen molar-refractivity contribution >= 4 is 0 Å². The first-order valence-electron chi connectivity index (χ1n) is 13.1. The van der Waals surface area contributed by atoms with Gasteiger partial charge < -0.3 is 14.9 Å². The van der Waals surface area contributed by atoms with Gasteiger partial charge in [-0.25, -0.2) is 0 Å². The molecule has 0 amide bonds. The van der Waals surface area contributed by atoms with Gasteiger partial charge in [-0.1, -0.05) is 123 Å². The largest absolute Gasteiger partial charge is 0.358 e. The Morgan fingerprint density at radius 3 is 0.357 bits per heavy atom. The quantitative estimate of drug-likeness (QED) is 0.272. The Morgan fingerprint density at radius 2 is 0.296 bits per heavy atom. The van der Waals surface area contributed by atoms with Crippen LogP contribution >= 0.6 is 0 Å². The van der Waals surface area contributed by atoms with Gasteiger partial charge in [-0.2, -0.15) is 0 Å². The van der Waals surface area contributed by atoms with Gasteiger partial charge in [0.05, 0.1) is 0 Å². The van der Waals surface area contributed by atoms with E-state index in [0.717, 1.165) is 43.2 Å². The molecule has 0 bridgehead atoms. The predicted octanol–water partition coefficient (Wildman–Crippen LogP) is 11.6. The maximum atomic E-state index is 2.64. The van der Waals surface area contributed by atoms with E-state index in [-0.39, 0.29) is 2100 Å². The molecule has 1 aliphatic rings. The number of benzene rings is 1. The van der Waals surface area contributed by atoms with Crippen LogP contribution in [0.3, 0.4) is 0 Å². The minimum atomic E-state index is 0. The van der Waals surface area contributed by atoms with Crippen LogP contribution in [0.2, 0.25) is 0 Å². The average molecular weight is 6100 g/mol. The smallest absolute Gasteiger partial charge is 0.00954 e. The minimum absolute atomic E-state index is 0. The van der Waals surface area contributed by atoms with Crippen molar-refractivity contribution in [3.05, 3.63) is 49.7 Å². The summed E-state index contributed by atoms with van der Waals surface area (Å²) in [5.74, 6) is 1.74. The molecular formula is C34H75NY63-2. The van der Waals surface area contributed by atoms with Crippen LogP contribution in [0, 0.1) is 26.7 Å². The van der Waals surface area contributed by atoms with E-state index < -0.39 is 0 Å². The second kappa shape index (κ2) is 426. The molecule has 0 N–H and O–H groups in total. The van der Waals surface area contributed by atoms with Crippen LogP contribution in [0.25, 0.3) is 0 Å². The summed E-state index contributed by atoms with van der Waals surface area (Å²) in [6.45, 7) is 28.1. The molecule has 0 unspecified atom stereocenters. The molecule has 2 rings (SSSR count). The number of likely N-dealkylation sites (tertiary alicyclic amines) is 1. The molecule has 1 heterocycles. The first-order valence-corrected chi connectivity index (χ1v) is 13.1. The van der Waals surface area contributed by atoms with E-state index in [9.17, 15) is 0 Å². The molecular weight excluding hydrogens is 6020 g/mol. The van der Waals surface area contributed by atoms with Gasteiger partial charge in [0, 0.05) is 2070 Å². The summed E-state index contributed by atoms with van der Waals surface area (Å²) in [4.78, 5) is 2.64. The number of hydrogen-bond acceptors (Lipinski definition) is 1. The second-order valence-corrected chi connectivity index (χ2v) is 9.13. The van der Waals surface area contributed by atoms with Crippen LogP contribution in [0.15, 0.2) is 18.2 Å². The molecule has 4 atom stereocenters. The third-order valence-corrected chi connectivity index (χ3v) is 6.14. The molecule has 1 saturated heterocycles. The fraction of sp³-hybridized carbons (Fsp3) is 0.765. The van der Waals surface area contributed by atoms with Crippen molar-refractivity contribution in [1.82, 2.24) is 4.90 Å². The topological polar surface area (TPSA) is 3.24 Å². The SMILES string of the molecule is C.C.C.CCC.CCC.CCN1[C@H](C)[C@H](C)C[C@H](C)[C@@H]1C.CCc1cc(CC)cc(CC)c1.[CH3-].[CH3-].[Y].[Y].[Y].[Y].[Y].[Y].[Y].[Y].[Y].[Y].[Y].[Y].[Y].[Y].[Y].[Y].[Y].[Y].[Y].[Y].[Y].[Y].[Y].[Y].[Y].[Y].[Y].[Y].[Y].[Y].[Y].[Y].[Y].[Y].[Y].[Y].[Y].[Y].[Y].[Y].[Y].[Y].[Y].[Y].[Y].[Y].[Y].[Y].[Y].[Y].[Y].[Y].[Y].[Y].[Y].[Y].[Y].[Y].[Y].[Y].[Y].[Y].[Y]. The summed E-state index contributed by atoms with van der Waals surface area (Å²) in [5.41, 5.74) is 4.43. The van der Waals surface area contributed by atoms with Crippen LogP contribution in [-0.4, -0.2) is 23.5 Å². The summed E-state index contributed by atoms with van der Waals surface area (Å²) < 4.78 is 0. The standard InChI is InChI=1S/C12H18.C11H23N.2C3H8.3CH4.2CH3.63Y/c1-4-10-7-11(5-2)9-12(6-3)8-10;1-6-12-10(4)8(2)7-9(3)11(12)5;2*1-3-2;;;;;;;;;;;;;;;;;;;;;;;;;;;;;;;;;;;;;;;;;;;;;;;;;;;;;;;;;;;;;;;;;;;;/h7-9H,4-6H2,1-3H3;8-11H,6-7H2,1-5H3;2*3H2,1-2H3;3*1H4;2*1H3;;;;;;;;;;;;;;;;;;;;;;;;;;;;;;;;;;;;;;;;;;;;;;;;;;;;;;;;;;;;;;;/q;;;;;;;2*-1;;;;;;;;;;;;;;;;;;;;;;;;;;;;;;;;;;;;;;;;;;;;;;;;;;;;;;;;;;;;;;;/t;8-,9+,10-,11+;;;;;;;;;;;;;;;;;;;;;;;;;;;;;;;;;;;;;;;;;;;;;;;;;;;;;;;;;;;;;;;;;;;;;;. The Morgan fingerprint density at radius 1 is 0.214 bits per heavy atom. The first kappa shape index (κ1) is 489. The van der Waals surface area contributed by atoms with Gasteiger partial charge in [-0.15, -0.1) is 0 Å². The number of nitrogens with zero attached hydrogens (tertiary/aromatic N) is 1. The Hall–Kier alpha value is 68.7. The summed E-state index contributed by atoms with van der Waals surface area (Å²) in [6, 6.07) is 8.51. The Labute approximate surface area is 2210 Å². The van der Waals surface area contributed by atoms with E-state index in [1.807, 2.05) is 0 Å². The fourth-order valence-corrected chi connectivity index (χ4v) is 4.03. The van der Waals surface area contributed by atoms with Gasteiger partial charge in [0.2, 0.25) is 0 Å². The monoisotopic (exact) mass is 6100 g/mol. The zero-order chi connectivity index (χ0) is 23.7. The van der Waals surface area contributed by atoms with Crippen molar-refractivity contribution in [3.63, 3.8) is 0 Å². The van der Waals surface area contributed by atoms with Crippen LogP contribution < -0.4 is 0 Å². The van der Waals surface area contributed by atoms with Gasteiger partial charge >= 0.3 is 0 Å². The molecule has 0 aromatic heterocycles. The third-order valence-electron chi connectivity index (χ3n) is 6.14. The number of rotatable bonds is 4. The zero-order valence-electron chi connectivity index (χ0n) is 61.3. The van der Waals surface area contributed by atoms with Gasteiger partial charge in [-0.05, 0) is 74.6 Å². The Kier molecular flexibility index (Phi) is 2130. The van der Waals surface area contributed by atoms with E-state index in [2.05, 4.69) is 106 Å². The Bertz CT molecular complexity index is 528. The van der Waals surface area contributed by atoms with Crippen molar-refractivity contribution in [2.45, 2.75) is 156 Å². The second-order valence-electron chi connectivity index (χ2n) is 9.13. The molecule has 0 spiro atoms. The van der Waals surface area contributed by atoms with Crippen LogP contribution in [-0.2, 0) is 2080 Å². The maximum absolute atomic E-state index is 2.64. The van der Waals surface area contributed by atoms with E-state index in [1.165, 1.54) is 42.5 Å². The van der Waals surface area contributed by atoms with Gasteiger partial charge in [0.25, 0.3) is 0 Å². The number of aryl methyl sites for hydroxylation is 3. The molecule has 1 nitrogen and oxygen atoms in total. The molecule has 1 aromatic carbocycles. The van der Waals surface area contributed by atoms with E-state index in [4.69, 9.17) is 0 Å². The van der Waals surface area contributed by atoms with E-state index >= 15 is 0 Å². The first-order chi connectivity index (χ1) is 14.2. The number of piperidine rings is 1. The van der Waals surface area contributed by atoms with Gasteiger partial charge in [-0.3, -0.25) is 4.90 Å². The summed E-state index contributed by atoms with van der Waals surface area (Å²) in [7, 11) is 0. The molecule has 1 aromatic rings. The summed E-state index contributed by atoms with van der Waals surface area (Å²) in [5, 5.41) is 0. The van der Waals surface area contributed by atoms with Crippen LogP contribution in [0.5, 0.6) is 0 Å². The molecule has 407 valence electrons. The van der Waals surface area contributed by atoms with E-state index in [1.54, 1.807) is 0 Å². The van der Waals surface area contributed by atoms with Crippen molar-refractivity contribution < 1.29 is 2060 Å². The van der Waals surface area contributed by atoms with Crippen LogP contribution in [0.1, 0.15) is 141 Å². The maximum Gasteiger partial charge on any atom is 0.00954 e. The molecule has 0 aliphatic carbocycles. The summed E-state index contributed by atoms with van der Waals surface area (Å²) >= 11 is 0. The fourth-order valence-electron chi connectivity index (χ4n) is 4.03. The predicted molar refractivity (Wildman–Crippen MR) is 174 cm³/mol. The average Bonchev–Trinajstić information content (AvgIpc) is 2.74. The molecule has 64 heteroatoms. The summed E-state index contributed by atoms with van der Waals surface area (Å²) in [6.07, 6.45) is 7.36. The minimum Gasteiger partial charge on any atom is -0.358 e. The zero-order valence-corrected chi connectivity index (χ0v) is 240. The van der Waals surface area contributed by atoms with Crippen LogP contribution in [0.4, 0.5) is 0 Å².